The van der Waals surface area contributed by atoms with Crippen LogP contribution in [0.3, 0.4) is 0 Å². The summed E-state index contributed by atoms with van der Waals surface area (Å²) < 4.78 is 15.6. The van der Waals surface area contributed by atoms with Crippen molar-refractivity contribution >= 4 is 34.7 Å². The fraction of sp³-hybridized carbons (Fsp3) is 0.407. The van der Waals surface area contributed by atoms with E-state index >= 15 is 0 Å². The third-order valence-corrected chi connectivity index (χ3v) is 6.71. The van der Waals surface area contributed by atoms with Gasteiger partial charge in [0.05, 0.1) is 24.4 Å². The van der Waals surface area contributed by atoms with Crippen LogP contribution < -0.4 is 15.4 Å². The van der Waals surface area contributed by atoms with E-state index in [0.717, 1.165) is 23.2 Å². The number of nitrogens with zero attached hydrogens (tertiary/aromatic N) is 7. The van der Waals surface area contributed by atoms with Gasteiger partial charge in [0.2, 0.25) is 11.9 Å². The second kappa shape index (κ2) is 10.3. The first-order valence-electron chi connectivity index (χ1n) is 12.8. The lowest BCUT2D eigenvalue weighted by Gasteiger charge is -2.17. The molecular formula is C27H31N9O3. The normalized spacial score (nSPS) is 15.3. The van der Waals surface area contributed by atoms with E-state index in [-0.39, 0.29) is 11.9 Å². The molecule has 0 aromatic carbocycles. The van der Waals surface area contributed by atoms with E-state index in [0.29, 0.717) is 54.4 Å². The number of carbonyl (C=O) groups is 1. The van der Waals surface area contributed by atoms with Crippen LogP contribution in [-0.4, -0.2) is 48.4 Å². The molecule has 0 unspecified atom stereocenters. The van der Waals surface area contributed by atoms with Crippen molar-refractivity contribution in [3.8, 4) is 11.5 Å². The summed E-state index contributed by atoms with van der Waals surface area (Å²) in [5.41, 5.74) is 2.43. The molecule has 1 aliphatic rings. The van der Waals surface area contributed by atoms with Gasteiger partial charge in [-0.1, -0.05) is 6.92 Å². The van der Waals surface area contributed by atoms with Crippen molar-refractivity contribution in [2.75, 3.05) is 23.8 Å². The fourth-order valence-electron chi connectivity index (χ4n) is 4.70. The van der Waals surface area contributed by atoms with Crippen LogP contribution in [-0.2, 0) is 28.5 Å². The number of ether oxygens (including phenoxy) is 2. The minimum Gasteiger partial charge on any atom is -0.455 e. The number of pyridine rings is 2. The fourth-order valence-corrected chi connectivity index (χ4v) is 4.70. The number of fused-ring (bicyclic) bond motifs is 1. The molecule has 202 valence electrons. The lowest BCUT2D eigenvalue weighted by atomic mass is 10.0. The summed E-state index contributed by atoms with van der Waals surface area (Å²) in [5.74, 6) is 2.48. The molecule has 12 nitrogen and oxygen atoms in total. The summed E-state index contributed by atoms with van der Waals surface area (Å²) in [6.45, 7) is 16.2. The number of nitrogens with one attached hydrogen (secondary N) is 2. The molecule has 5 heterocycles. The highest BCUT2D eigenvalue weighted by molar-refractivity contribution is 5.87. The van der Waals surface area contributed by atoms with Crippen LogP contribution >= 0.6 is 0 Å². The van der Waals surface area contributed by atoms with Crippen molar-refractivity contribution < 1.29 is 14.3 Å². The molecule has 5 rings (SSSR count). The first-order chi connectivity index (χ1) is 18.7. The number of hydrogen-bond acceptors (Lipinski definition) is 8. The molecule has 4 aromatic heterocycles. The average Bonchev–Trinajstić information content (AvgIpc) is 3.64. The van der Waals surface area contributed by atoms with Crippen LogP contribution in [0.15, 0.2) is 30.6 Å². The maximum absolute atomic E-state index is 11.4. The smallest absolute Gasteiger partial charge is 0.268 e. The van der Waals surface area contributed by atoms with E-state index in [1.165, 1.54) is 6.92 Å². The van der Waals surface area contributed by atoms with E-state index in [1.54, 1.807) is 24.5 Å². The predicted octanol–water partition coefficient (Wildman–Crippen LogP) is 4.73. The molecule has 39 heavy (non-hydrogen) atoms. The zero-order valence-corrected chi connectivity index (χ0v) is 22.6. The van der Waals surface area contributed by atoms with Crippen LogP contribution in [0.4, 0.5) is 17.6 Å². The third kappa shape index (κ3) is 5.13. The molecule has 2 N–H and O–H groups in total. The second-order valence-corrected chi connectivity index (χ2v) is 9.95. The van der Waals surface area contributed by atoms with E-state index in [4.69, 9.17) is 26.1 Å². The van der Waals surface area contributed by atoms with E-state index in [2.05, 4.69) is 25.4 Å². The lowest BCUT2D eigenvalue weighted by Crippen LogP contribution is -2.22. The summed E-state index contributed by atoms with van der Waals surface area (Å²) in [6.07, 6.45) is 4.76. The Labute approximate surface area is 226 Å². The number of carbonyl (C=O) groups excluding carboxylic acids is 1. The van der Waals surface area contributed by atoms with E-state index in [1.807, 2.05) is 43.1 Å². The molecule has 1 fully saturated rings. The molecule has 4 aromatic rings. The molecule has 1 aliphatic heterocycles. The van der Waals surface area contributed by atoms with Gasteiger partial charge in [-0.25, -0.2) is 16.5 Å². The Morgan fingerprint density at radius 3 is 2.82 bits per heavy atom. The maximum atomic E-state index is 11.4. The van der Waals surface area contributed by atoms with E-state index in [9.17, 15) is 4.79 Å². The SMILES string of the molecule is [C-]#[N+]C(C)(C)c1cc(Nc2nc3ncc(Oc4ccnc(NC(C)=O)c4)c(CC)c3n2C)nn1[C@H]1CCOC1. The Kier molecular flexibility index (Phi) is 6.93. The molecule has 1 atom stereocenters. The van der Waals surface area contributed by atoms with Crippen molar-refractivity contribution in [2.24, 2.45) is 7.05 Å². The Morgan fingerprint density at radius 1 is 1.31 bits per heavy atom. The van der Waals surface area contributed by atoms with Gasteiger partial charge in [0.25, 0.3) is 5.54 Å². The zero-order valence-electron chi connectivity index (χ0n) is 22.6. The van der Waals surface area contributed by atoms with Gasteiger partial charge in [0.15, 0.2) is 17.2 Å². The summed E-state index contributed by atoms with van der Waals surface area (Å²) in [4.78, 5) is 28.7. The summed E-state index contributed by atoms with van der Waals surface area (Å²) in [7, 11) is 1.91. The Morgan fingerprint density at radius 2 is 2.13 bits per heavy atom. The average molecular weight is 530 g/mol. The number of anilines is 3. The van der Waals surface area contributed by atoms with Crippen LogP contribution in [0.1, 0.15) is 51.4 Å². The number of amides is 1. The number of aromatic nitrogens is 6. The topological polar surface area (TPSA) is 125 Å². The Hall–Kier alpha value is -4.50. The number of aryl methyl sites for hydroxylation is 2. The van der Waals surface area contributed by atoms with Crippen LogP contribution in [0.2, 0.25) is 0 Å². The molecule has 12 heteroatoms. The molecule has 1 saturated heterocycles. The highest BCUT2D eigenvalue weighted by Gasteiger charge is 2.35. The summed E-state index contributed by atoms with van der Waals surface area (Å²) in [5, 5.41) is 10.8. The molecule has 0 aliphatic carbocycles. The molecule has 0 radical (unpaired) electrons. The van der Waals surface area contributed by atoms with Crippen molar-refractivity contribution in [1.82, 2.24) is 29.3 Å². The van der Waals surface area contributed by atoms with Crippen LogP contribution in [0, 0.1) is 6.57 Å². The zero-order chi connectivity index (χ0) is 27.7. The monoisotopic (exact) mass is 529 g/mol. The highest BCUT2D eigenvalue weighted by atomic mass is 16.5. The van der Waals surface area contributed by atoms with E-state index < -0.39 is 5.54 Å². The highest BCUT2D eigenvalue weighted by Crippen LogP contribution is 2.35. The molecule has 1 amide bonds. The first-order valence-corrected chi connectivity index (χ1v) is 12.8. The van der Waals surface area contributed by atoms with Gasteiger partial charge >= 0.3 is 0 Å². The lowest BCUT2D eigenvalue weighted by molar-refractivity contribution is -0.114. The quantitative estimate of drug-likeness (QED) is 0.314. The third-order valence-electron chi connectivity index (χ3n) is 6.71. The van der Waals surface area contributed by atoms with Crippen LogP contribution in [0.25, 0.3) is 16.0 Å². The Balaban J connectivity index is 1.48. The maximum Gasteiger partial charge on any atom is 0.268 e. The van der Waals surface area contributed by atoms with Gasteiger partial charge in [-0.05, 0) is 18.9 Å². The van der Waals surface area contributed by atoms with Gasteiger partial charge in [0.1, 0.15) is 17.3 Å². The van der Waals surface area contributed by atoms with Gasteiger partial charge in [-0.2, -0.15) is 10.1 Å². The minimum absolute atomic E-state index is 0.0874. The van der Waals surface area contributed by atoms with Gasteiger partial charge < -0.3 is 29.5 Å². The summed E-state index contributed by atoms with van der Waals surface area (Å²) >= 11 is 0. The minimum atomic E-state index is -0.738. The van der Waals surface area contributed by atoms with Gasteiger partial charge in [0, 0.05) is 58.3 Å². The number of rotatable bonds is 8. The van der Waals surface area contributed by atoms with Crippen molar-refractivity contribution in [2.45, 2.75) is 52.1 Å². The van der Waals surface area contributed by atoms with Crippen LogP contribution in [0.5, 0.6) is 11.5 Å². The van der Waals surface area contributed by atoms with Crippen molar-refractivity contribution in [3.63, 3.8) is 0 Å². The van der Waals surface area contributed by atoms with Crippen molar-refractivity contribution in [3.05, 3.63) is 53.3 Å². The Bertz CT molecular complexity index is 1580. The largest absolute Gasteiger partial charge is 0.455 e. The predicted molar refractivity (Wildman–Crippen MR) is 146 cm³/mol. The molecule has 0 bridgehead atoms. The first kappa shape index (κ1) is 26.1. The number of imidazole rings is 1. The summed E-state index contributed by atoms with van der Waals surface area (Å²) in [6, 6.07) is 5.38. The second-order valence-electron chi connectivity index (χ2n) is 9.95. The van der Waals surface area contributed by atoms with Gasteiger partial charge in [-0.15, -0.1) is 0 Å². The molecular weight excluding hydrogens is 498 g/mol. The van der Waals surface area contributed by atoms with Gasteiger partial charge in [-0.3, -0.25) is 9.48 Å². The number of hydrogen-bond donors (Lipinski definition) is 2. The van der Waals surface area contributed by atoms with Crippen molar-refractivity contribution in [1.29, 1.82) is 0 Å². The molecule has 0 saturated carbocycles. The molecule has 0 spiro atoms. The standard InChI is InChI=1S/C27H31N9O3/c1-7-19-20(39-18-8-10-29-22(12-18)31-16(2)37)14-30-25-24(19)35(6)26(33-25)32-23-13-21(27(3,4)28-5)36(34-23)17-9-11-38-15-17/h8,10,12-14,17H,7,9,11,15H2,1-4,6H3,(H,29,31,37)(H,30,32,33,34)/t17-/m0/s1.